The number of hydrogen-bond acceptors (Lipinski definition) is 4. The van der Waals surface area contributed by atoms with Gasteiger partial charge >= 0.3 is 5.76 Å². The minimum atomic E-state index is -3.61. The van der Waals surface area contributed by atoms with Crippen LogP contribution < -0.4 is 10.5 Å². The summed E-state index contributed by atoms with van der Waals surface area (Å²) in [5, 5.41) is 0. The third-order valence-electron chi connectivity index (χ3n) is 4.49. The minimum Gasteiger partial charge on any atom is -0.408 e. The molecule has 2 atom stereocenters. The number of benzene rings is 1. The number of sulfonamides is 1. The first kappa shape index (κ1) is 15.3. The van der Waals surface area contributed by atoms with E-state index in [4.69, 9.17) is 4.42 Å². The van der Waals surface area contributed by atoms with Crippen LogP contribution in [0.15, 0.2) is 32.3 Å². The van der Waals surface area contributed by atoms with E-state index in [1.54, 1.807) is 13.1 Å². The molecule has 120 valence electrons. The number of rotatable bonds is 3. The van der Waals surface area contributed by atoms with E-state index in [9.17, 15) is 13.2 Å². The highest BCUT2D eigenvalue weighted by Crippen LogP contribution is 2.26. The standard InChI is InChI=1S/C15H20N2O4S/c1-10-5-3-4-6-12(10)16-22(19,20)11-7-8-13-14(9-11)21-15(18)17(13)2/h7-10,12,16H,3-6H2,1-2H3. The summed E-state index contributed by atoms with van der Waals surface area (Å²) < 4.78 is 34.3. The molecule has 2 aromatic rings. The molecule has 1 aromatic heterocycles. The van der Waals surface area contributed by atoms with Crippen molar-refractivity contribution in [2.75, 3.05) is 0 Å². The molecule has 0 saturated heterocycles. The SMILES string of the molecule is CC1CCCCC1NS(=O)(=O)c1ccc2c(c1)oc(=O)n2C. The Balaban J connectivity index is 1.93. The van der Waals surface area contributed by atoms with Crippen molar-refractivity contribution in [2.24, 2.45) is 13.0 Å². The maximum atomic E-state index is 12.5. The largest absolute Gasteiger partial charge is 0.419 e. The highest BCUT2D eigenvalue weighted by atomic mass is 32.2. The van der Waals surface area contributed by atoms with E-state index in [-0.39, 0.29) is 16.5 Å². The van der Waals surface area contributed by atoms with Crippen LogP contribution in [0, 0.1) is 5.92 Å². The van der Waals surface area contributed by atoms with Gasteiger partial charge in [0.2, 0.25) is 10.0 Å². The Morgan fingerprint density at radius 2 is 2.00 bits per heavy atom. The summed E-state index contributed by atoms with van der Waals surface area (Å²) in [6, 6.07) is 4.48. The van der Waals surface area contributed by atoms with E-state index in [1.807, 2.05) is 0 Å². The Hall–Kier alpha value is -1.60. The van der Waals surface area contributed by atoms with Crippen molar-refractivity contribution in [3.63, 3.8) is 0 Å². The van der Waals surface area contributed by atoms with Gasteiger partial charge in [-0.25, -0.2) is 17.9 Å². The summed E-state index contributed by atoms with van der Waals surface area (Å²) in [7, 11) is -2.02. The highest BCUT2D eigenvalue weighted by molar-refractivity contribution is 7.89. The quantitative estimate of drug-likeness (QED) is 0.936. The van der Waals surface area contributed by atoms with Gasteiger partial charge in [0.25, 0.3) is 0 Å². The van der Waals surface area contributed by atoms with Crippen molar-refractivity contribution in [3.8, 4) is 0 Å². The topological polar surface area (TPSA) is 81.3 Å². The molecule has 1 fully saturated rings. The van der Waals surface area contributed by atoms with Crippen LogP contribution in [-0.4, -0.2) is 19.0 Å². The molecular formula is C15H20N2O4S. The summed E-state index contributed by atoms with van der Waals surface area (Å²) in [5.74, 6) is -0.166. The molecule has 1 heterocycles. The van der Waals surface area contributed by atoms with Crippen LogP contribution in [0.3, 0.4) is 0 Å². The molecular weight excluding hydrogens is 304 g/mol. The van der Waals surface area contributed by atoms with Gasteiger partial charge in [-0.2, -0.15) is 0 Å². The lowest BCUT2D eigenvalue weighted by Gasteiger charge is -2.29. The van der Waals surface area contributed by atoms with Crippen LogP contribution in [0.5, 0.6) is 0 Å². The van der Waals surface area contributed by atoms with Crippen LogP contribution in [0.2, 0.25) is 0 Å². The smallest absolute Gasteiger partial charge is 0.408 e. The molecule has 3 rings (SSSR count). The van der Waals surface area contributed by atoms with Gasteiger partial charge in [0.05, 0.1) is 10.4 Å². The summed E-state index contributed by atoms with van der Waals surface area (Å²) in [5.41, 5.74) is 0.863. The van der Waals surface area contributed by atoms with Crippen LogP contribution >= 0.6 is 0 Å². The van der Waals surface area contributed by atoms with Gasteiger partial charge in [-0.3, -0.25) is 4.57 Å². The minimum absolute atomic E-state index is 0.0303. The van der Waals surface area contributed by atoms with Crippen LogP contribution in [0.25, 0.3) is 11.1 Å². The zero-order valence-electron chi connectivity index (χ0n) is 12.7. The fourth-order valence-electron chi connectivity index (χ4n) is 3.04. The Morgan fingerprint density at radius 3 is 2.73 bits per heavy atom. The molecule has 0 aliphatic heterocycles. The second-order valence-corrected chi connectivity index (χ2v) is 7.76. The van der Waals surface area contributed by atoms with E-state index >= 15 is 0 Å². The molecule has 1 saturated carbocycles. The number of hydrogen-bond donors (Lipinski definition) is 1. The van der Waals surface area contributed by atoms with Crippen molar-refractivity contribution in [1.29, 1.82) is 0 Å². The predicted octanol–water partition coefficient (Wildman–Crippen LogP) is 1.99. The number of aromatic nitrogens is 1. The molecule has 1 aromatic carbocycles. The summed E-state index contributed by atoms with van der Waals surface area (Å²) in [6.07, 6.45) is 4.10. The first-order chi connectivity index (χ1) is 10.4. The number of nitrogens with one attached hydrogen (secondary N) is 1. The first-order valence-electron chi connectivity index (χ1n) is 7.50. The Labute approximate surface area is 129 Å². The number of aryl methyl sites for hydroxylation is 1. The Kier molecular flexibility index (Phi) is 3.86. The van der Waals surface area contributed by atoms with E-state index in [2.05, 4.69) is 11.6 Å². The van der Waals surface area contributed by atoms with E-state index in [0.29, 0.717) is 11.4 Å². The zero-order valence-corrected chi connectivity index (χ0v) is 13.5. The Morgan fingerprint density at radius 1 is 1.27 bits per heavy atom. The van der Waals surface area contributed by atoms with Gasteiger partial charge in [0, 0.05) is 19.2 Å². The molecule has 22 heavy (non-hydrogen) atoms. The maximum absolute atomic E-state index is 12.5. The molecule has 1 N–H and O–H groups in total. The van der Waals surface area contributed by atoms with E-state index < -0.39 is 15.8 Å². The predicted molar refractivity (Wildman–Crippen MR) is 83.2 cm³/mol. The number of fused-ring (bicyclic) bond motifs is 1. The molecule has 0 amide bonds. The van der Waals surface area contributed by atoms with Gasteiger partial charge in [-0.1, -0.05) is 19.8 Å². The third kappa shape index (κ3) is 2.70. The lowest BCUT2D eigenvalue weighted by Crippen LogP contribution is -2.40. The number of oxazole rings is 1. The fraction of sp³-hybridized carbons (Fsp3) is 0.533. The van der Waals surface area contributed by atoms with Gasteiger partial charge < -0.3 is 4.42 Å². The Bertz CT molecular complexity index is 850. The van der Waals surface area contributed by atoms with Crippen LogP contribution in [0.1, 0.15) is 32.6 Å². The van der Waals surface area contributed by atoms with Crippen molar-refractivity contribution < 1.29 is 12.8 Å². The van der Waals surface area contributed by atoms with Crippen LogP contribution in [0.4, 0.5) is 0 Å². The van der Waals surface area contributed by atoms with Gasteiger partial charge in [0.1, 0.15) is 0 Å². The van der Waals surface area contributed by atoms with Gasteiger partial charge in [-0.15, -0.1) is 0 Å². The number of nitrogens with zero attached hydrogens (tertiary/aromatic N) is 1. The molecule has 2 unspecified atom stereocenters. The summed E-state index contributed by atoms with van der Waals surface area (Å²) >= 11 is 0. The monoisotopic (exact) mass is 324 g/mol. The molecule has 7 heteroatoms. The van der Waals surface area contributed by atoms with Crippen molar-refractivity contribution in [2.45, 2.75) is 43.5 Å². The van der Waals surface area contributed by atoms with Crippen molar-refractivity contribution >= 4 is 21.1 Å². The van der Waals surface area contributed by atoms with Crippen LogP contribution in [-0.2, 0) is 17.1 Å². The van der Waals surface area contributed by atoms with Crippen molar-refractivity contribution in [1.82, 2.24) is 9.29 Å². The molecule has 1 aliphatic carbocycles. The lowest BCUT2D eigenvalue weighted by atomic mass is 9.87. The normalized spacial score (nSPS) is 23.0. The van der Waals surface area contributed by atoms with E-state index in [1.165, 1.54) is 16.7 Å². The van der Waals surface area contributed by atoms with Gasteiger partial charge in [-0.05, 0) is 30.9 Å². The zero-order chi connectivity index (χ0) is 15.9. The third-order valence-corrected chi connectivity index (χ3v) is 5.98. The summed E-state index contributed by atoms with van der Waals surface area (Å²) in [6.45, 7) is 2.08. The second kappa shape index (κ2) is 5.55. The van der Waals surface area contributed by atoms with Crippen molar-refractivity contribution in [3.05, 3.63) is 28.7 Å². The maximum Gasteiger partial charge on any atom is 0.419 e. The fourth-order valence-corrected chi connectivity index (χ4v) is 4.43. The molecule has 0 spiro atoms. The molecule has 0 bridgehead atoms. The second-order valence-electron chi connectivity index (χ2n) is 6.05. The molecule has 6 nitrogen and oxygen atoms in total. The molecule has 0 radical (unpaired) electrons. The first-order valence-corrected chi connectivity index (χ1v) is 8.99. The van der Waals surface area contributed by atoms with E-state index in [0.717, 1.165) is 25.7 Å². The average molecular weight is 324 g/mol. The lowest BCUT2D eigenvalue weighted by molar-refractivity contribution is 0.310. The molecule has 1 aliphatic rings. The van der Waals surface area contributed by atoms with Gasteiger partial charge in [0.15, 0.2) is 5.58 Å². The average Bonchev–Trinajstić information content (AvgIpc) is 2.76. The summed E-state index contributed by atoms with van der Waals surface area (Å²) in [4.78, 5) is 11.6. The highest BCUT2D eigenvalue weighted by Gasteiger charge is 2.27.